The number of ether oxygens (including phenoxy) is 2. The van der Waals surface area contributed by atoms with Crippen molar-refractivity contribution in [3.05, 3.63) is 52.8 Å². The third kappa shape index (κ3) is 4.32. The van der Waals surface area contributed by atoms with Crippen LogP contribution in [0.1, 0.15) is 46.0 Å². The van der Waals surface area contributed by atoms with Gasteiger partial charge in [-0.05, 0) is 19.4 Å². The number of carbonyl (C=O) groups is 2. The molecule has 0 saturated heterocycles. The van der Waals surface area contributed by atoms with E-state index in [2.05, 4.69) is 36.8 Å². The highest BCUT2D eigenvalue weighted by Gasteiger charge is 2.29. The van der Waals surface area contributed by atoms with Crippen LogP contribution in [0.3, 0.4) is 0 Å². The summed E-state index contributed by atoms with van der Waals surface area (Å²) in [6, 6.07) is 9.26. The van der Waals surface area contributed by atoms with Gasteiger partial charge in [0.15, 0.2) is 0 Å². The summed E-state index contributed by atoms with van der Waals surface area (Å²) in [6.07, 6.45) is 0. The van der Waals surface area contributed by atoms with Gasteiger partial charge in [0.1, 0.15) is 0 Å². The van der Waals surface area contributed by atoms with E-state index in [1.807, 2.05) is 30.3 Å². The molecule has 0 atom stereocenters. The number of alkyl halides is 2. The van der Waals surface area contributed by atoms with E-state index in [1.165, 1.54) is 0 Å². The quantitative estimate of drug-likeness (QED) is 0.413. The fourth-order valence-corrected chi connectivity index (χ4v) is 3.43. The molecule has 0 saturated carbocycles. The van der Waals surface area contributed by atoms with E-state index in [4.69, 9.17) is 9.47 Å². The summed E-state index contributed by atoms with van der Waals surface area (Å²) in [6.45, 7) is 3.92. The summed E-state index contributed by atoms with van der Waals surface area (Å²) < 4.78 is 10.5. The van der Waals surface area contributed by atoms with Gasteiger partial charge in [0.2, 0.25) is 0 Å². The molecule has 1 aromatic heterocycles. The van der Waals surface area contributed by atoms with Gasteiger partial charge < -0.3 is 9.47 Å². The molecule has 0 spiro atoms. The van der Waals surface area contributed by atoms with Gasteiger partial charge in [0.25, 0.3) is 0 Å². The Morgan fingerprint density at radius 1 is 0.885 bits per heavy atom. The van der Waals surface area contributed by atoms with Gasteiger partial charge in [-0.1, -0.05) is 62.2 Å². The van der Waals surface area contributed by atoms with Gasteiger partial charge in [0.05, 0.1) is 35.7 Å². The lowest BCUT2D eigenvalue weighted by Crippen LogP contribution is -2.19. The van der Waals surface area contributed by atoms with Crippen LogP contribution in [0.2, 0.25) is 0 Å². The molecular formula is C19H19Br2NO4. The second kappa shape index (κ2) is 9.83. The molecule has 138 valence electrons. The molecule has 0 amide bonds. The maximum absolute atomic E-state index is 12.7. The smallest absolute Gasteiger partial charge is 0.340 e. The number of halogens is 2. The first-order valence-electron chi connectivity index (χ1n) is 8.16. The third-order valence-corrected chi connectivity index (χ3v) is 4.68. The molecule has 1 heterocycles. The Morgan fingerprint density at radius 2 is 1.35 bits per heavy atom. The predicted octanol–water partition coefficient (Wildman–Crippen LogP) is 4.89. The van der Waals surface area contributed by atoms with Gasteiger partial charge in [-0.3, -0.25) is 4.98 Å². The average Bonchev–Trinajstić information content (AvgIpc) is 2.67. The Labute approximate surface area is 169 Å². The summed E-state index contributed by atoms with van der Waals surface area (Å²) in [5, 5.41) is 0.703. The zero-order valence-electron chi connectivity index (χ0n) is 14.6. The number of hydrogen-bond acceptors (Lipinski definition) is 5. The van der Waals surface area contributed by atoms with Crippen LogP contribution in [-0.2, 0) is 20.1 Å². The van der Waals surface area contributed by atoms with Crippen molar-refractivity contribution in [1.82, 2.24) is 4.98 Å². The lowest BCUT2D eigenvalue weighted by atomic mass is 9.92. The van der Waals surface area contributed by atoms with E-state index in [9.17, 15) is 9.59 Å². The van der Waals surface area contributed by atoms with E-state index >= 15 is 0 Å². The molecule has 0 aliphatic rings. The van der Waals surface area contributed by atoms with Crippen LogP contribution in [0.15, 0.2) is 30.3 Å². The maximum atomic E-state index is 12.7. The van der Waals surface area contributed by atoms with Gasteiger partial charge >= 0.3 is 11.9 Å². The lowest BCUT2D eigenvalue weighted by molar-refractivity contribution is 0.0525. The number of carbonyl (C=O) groups excluding carboxylic acids is 2. The van der Waals surface area contributed by atoms with Crippen LogP contribution in [0, 0.1) is 0 Å². The normalized spacial score (nSPS) is 10.5. The zero-order valence-corrected chi connectivity index (χ0v) is 17.7. The number of hydrogen-bond donors (Lipinski definition) is 0. The molecule has 0 radical (unpaired) electrons. The zero-order chi connectivity index (χ0) is 19.1. The van der Waals surface area contributed by atoms with Gasteiger partial charge in [-0.2, -0.15) is 0 Å². The topological polar surface area (TPSA) is 65.5 Å². The minimum atomic E-state index is -0.514. The number of nitrogens with zero attached hydrogens (tertiary/aromatic N) is 1. The van der Waals surface area contributed by atoms with Crippen molar-refractivity contribution in [3.63, 3.8) is 0 Å². The molecule has 0 aliphatic carbocycles. The Kier molecular flexibility index (Phi) is 7.78. The van der Waals surface area contributed by atoms with Crippen LogP contribution >= 0.6 is 31.9 Å². The van der Waals surface area contributed by atoms with Crippen LogP contribution in [0.25, 0.3) is 11.1 Å². The molecule has 26 heavy (non-hydrogen) atoms. The Balaban J connectivity index is 2.90. The van der Waals surface area contributed by atoms with Crippen molar-refractivity contribution in [2.75, 3.05) is 13.2 Å². The van der Waals surface area contributed by atoms with Crippen LogP contribution in [0.4, 0.5) is 0 Å². The van der Waals surface area contributed by atoms with Gasteiger partial charge in [-0.15, -0.1) is 0 Å². The molecule has 0 bridgehead atoms. The first-order chi connectivity index (χ1) is 12.6. The fourth-order valence-electron chi connectivity index (χ4n) is 2.62. The predicted molar refractivity (Wildman–Crippen MR) is 107 cm³/mol. The fraction of sp³-hybridized carbons (Fsp3) is 0.316. The highest BCUT2D eigenvalue weighted by Crippen LogP contribution is 2.34. The third-order valence-electron chi connectivity index (χ3n) is 3.62. The van der Waals surface area contributed by atoms with Crippen molar-refractivity contribution >= 4 is 43.8 Å². The highest BCUT2D eigenvalue weighted by atomic mass is 79.9. The van der Waals surface area contributed by atoms with Gasteiger partial charge in [0, 0.05) is 16.2 Å². The Morgan fingerprint density at radius 3 is 1.73 bits per heavy atom. The summed E-state index contributed by atoms with van der Waals surface area (Å²) in [7, 11) is 0. The number of benzene rings is 1. The first-order valence-corrected chi connectivity index (χ1v) is 10.4. The molecule has 0 N–H and O–H groups in total. The summed E-state index contributed by atoms with van der Waals surface area (Å²) in [4.78, 5) is 29.9. The molecule has 5 nitrogen and oxygen atoms in total. The lowest BCUT2D eigenvalue weighted by Gasteiger charge is -2.19. The summed E-state index contributed by atoms with van der Waals surface area (Å²) in [5.41, 5.74) is 2.81. The van der Waals surface area contributed by atoms with Crippen LogP contribution in [-0.4, -0.2) is 30.1 Å². The minimum Gasteiger partial charge on any atom is -0.462 e. The van der Waals surface area contributed by atoms with Crippen molar-refractivity contribution in [1.29, 1.82) is 0 Å². The number of rotatable bonds is 7. The molecule has 0 unspecified atom stereocenters. The molecule has 0 fully saturated rings. The average molecular weight is 485 g/mol. The number of pyridine rings is 1. The first kappa shape index (κ1) is 20.6. The second-order valence-electron chi connectivity index (χ2n) is 5.20. The molecule has 2 aromatic rings. The van der Waals surface area contributed by atoms with E-state index in [0.717, 1.165) is 5.56 Å². The molecule has 2 rings (SSSR count). The standard InChI is InChI=1S/C19H19Br2NO4/c1-3-25-18(23)16-13(10-20)22-14(11-21)17(19(24)26-4-2)15(16)12-8-6-5-7-9-12/h5-9H,3-4,10-11H2,1-2H3. The second-order valence-corrected chi connectivity index (χ2v) is 6.33. The van der Waals surface area contributed by atoms with Crippen LogP contribution in [0.5, 0.6) is 0 Å². The van der Waals surface area contributed by atoms with Crippen molar-refractivity contribution in [2.45, 2.75) is 24.5 Å². The molecule has 7 heteroatoms. The maximum Gasteiger partial charge on any atom is 0.340 e. The van der Waals surface area contributed by atoms with E-state index < -0.39 is 11.9 Å². The number of aromatic nitrogens is 1. The summed E-state index contributed by atoms with van der Waals surface area (Å²) >= 11 is 6.78. The molecular weight excluding hydrogens is 466 g/mol. The van der Waals surface area contributed by atoms with E-state index in [0.29, 0.717) is 27.6 Å². The van der Waals surface area contributed by atoms with Crippen molar-refractivity contribution < 1.29 is 19.1 Å². The molecule has 1 aromatic carbocycles. The van der Waals surface area contributed by atoms with Crippen LogP contribution < -0.4 is 0 Å². The number of esters is 2. The molecule has 0 aliphatic heterocycles. The SMILES string of the molecule is CCOC(=O)c1c(CBr)nc(CBr)c(C(=O)OCC)c1-c1ccccc1. The highest BCUT2D eigenvalue weighted by molar-refractivity contribution is 9.08. The Bertz CT molecular complexity index is 750. The Hall–Kier alpha value is -1.73. The minimum absolute atomic E-state index is 0.226. The monoisotopic (exact) mass is 483 g/mol. The van der Waals surface area contributed by atoms with E-state index in [1.54, 1.807) is 13.8 Å². The van der Waals surface area contributed by atoms with Crippen molar-refractivity contribution in [3.8, 4) is 11.1 Å². The van der Waals surface area contributed by atoms with E-state index in [-0.39, 0.29) is 24.3 Å². The van der Waals surface area contributed by atoms with Crippen molar-refractivity contribution in [2.24, 2.45) is 0 Å². The van der Waals surface area contributed by atoms with Gasteiger partial charge in [-0.25, -0.2) is 9.59 Å². The summed E-state index contributed by atoms with van der Waals surface area (Å²) in [5.74, 6) is -1.03. The largest absolute Gasteiger partial charge is 0.462 e.